The van der Waals surface area contributed by atoms with Gasteiger partial charge < -0.3 is 10.2 Å². The molecule has 2 rings (SSSR count). The maximum Gasteiger partial charge on any atom is 0.173 e. The van der Waals surface area contributed by atoms with E-state index in [1.54, 1.807) is 11.3 Å². The molecule has 1 N–H and O–H groups in total. The van der Waals surface area contributed by atoms with E-state index in [-0.39, 0.29) is 6.04 Å². The minimum atomic E-state index is 0.290. The lowest BCUT2D eigenvalue weighted by Gasteiger charge is -2.32. The Morgan fingerprint density at radius 1 is 1.21 bits per heavy atom. The molecule has 2 nitrogen and oxygen atoms in total. The molecule has 0 spiro atoms. The van der Waals surface area contributed by atoms with Crippen molar-refractivity contribution in [2.75, 3.05) is 11.9 Å². The maximum atomic E-state index is 5.76. The Hall–Kier alpha value is -1.39. The Bertz CT molecular complexity index is 635. The second-order valence-electron chi connectivity index (χ2n) is 6.55. The molecule has 2 aromatic rings. The maximum absolute atomic E-state index is 5.76. The van der Waals surface area contributed by atoms with Crippen LogP contribution in [0.3, 0.4) is 0 Å². The van der Waals surface area contributed by atoms with E-state index in [1.807, 2.05) is 0 Å². The van der Waals surface area contributed by atoms with E-state index in [0.29, 0.717) is 5.92 Å². The highest BCUT2D eigenvalue weighted by atomic mass is 32.1. The van der Waals surface area contributed by atoms with Gasteiger partial charge in [0.05, 0.1) is 6.04 Å². The number of thiophene rings is 1. The van der Waals surface area contributed by atoms with Crippen molar-refractivity contribution in [3.8, 4) is 0 Å². The van der Waals surface area contributed by atoms with E-state index in [1.165, 1.54) is 10.4 Å². The average Bonchev–Trinajstić information content (AvgIpc) is 3.09. The highest BCUT2D eigenvalue weighted by molar-refractivity contribution is 7.80. The molecule has 1 atom stereocenters. The van der Waals surface area contributed by atoms with Gasteiger partial charge in [0, 0.05) is 17.1 Å². The predicted molar refractivity (Wildman–Crippen MR) is 111 cm³/mol. The number of hydrogen-bond acceptors (Lipinski definition) is 2. The number of aryl methyl sites for hydroxylation is 1. The second kappa shape index (κ2) is 9.19. The van der Waals surface area contributed by atoms with Gasteiger partial charge in [-0.2, -0.15) is 0 Å². The fourth-order valence-corrected chi connectivity index (χ4v) is 3.78. The van der Waals surface area contributed by atoms with Gasteiger partial charge in [-0.05, 0) is 67.0 Å². The molecule has 0 aliphatic carbocycles. The summed E-state index contributed by atoms with van der Waals surface area (Å²) in [6, 6.07) is 13.1. The summed E-state index contributed by atoms with van der Waals surface area (Å²) in [7, 11) is 0. The standard InChI is InChI=1S/C20H28N2S2/c1-5-17-8-6-9-18(14-17)21-20(23)22(12-11-15(2)3)16(4)19-10-7-13-24-19/h6-10,13-16H,5,11-12H2,1-4H3,(H,21,23)/t16-/m1/s1. The number of nitrogens with one attached hydrogen (secondary N) is 1. The summed E-state index contributed by atoms with van der Waals surface area (Å²) in [6.07, 6.45) is 2.16. The van der Waals surface area contributed by atoms with E-state index in [9.17, 15) is 0 Å². The molecule has 0 saturated heterocycles. The van der Waals surface area contributed by atoms with Crippen LogP contribution in [0.4, 0.5) is 5.69 Å². The molecule has 0 saturated carbocycles. The Balaban J connectivity index is 2.13. The lowest BCUT2D eigenvalue weighted by atomic mass is 10.1. The van der Waals surface area contributed by atoms with Gasteiger partial charge in [-0.25, -0.2) is 0 Å². The molecule has 0 amide bonds. The first-order chi connectivity index (χ1) is 11.5. The van der Waals surface area contributed by atoms with Crippen LogP contribution in [0.2, 0.25) is 0 Å². The van der Waals surface area contributed by atoms with Crippen molar-refractivity contribution in [3.63, 3.8) is 0 Å². The van der Waals surface area contributed by atoms with Crippen LogP contribution in [0.25, 0.3) is 0 Å². The Morgan fingerprint density at radius 2 is 2.00 bits per heavy atom. The largest absolute Gasteiger partial charge is 0.341 e. The molecule has 130 valence electrons. The number of thiocarbonyl (C=S) groups is 1. The normalized spacial score (nSPS) is 12.2. The fourth-order valence-electron chi connectivity index (χ4n) is 2.62. The van der Waals surface area contributed by atoms with Crippen molar-refractivity contribution in [3.05, 3.63) is 52.2 Å². The smallest absolute Gasteiger partial charge is 0.173 e. The van der Waals surface area contributed by atoms with Crippen LogP contribution in [0.15, 0.2) is 41.8 Å². The minimum Gasteiger partial charge on any atom is -0.341 e. The highest BCUT2D eigenvalue weighted by Gasteiger charge is 2.20. The van der Waals surface area contributed by atoms with Crippen LogP contribution in [0, 0.1) is 5.92 Å². The van der Waals surface area contributed by atoms with Gasteiger partial charge in [-0.3, -0.25) is 0 Å². The molecule has 0 unspecified atom stereocenters. The van der Waals surface area contributed by atoms with Crippen LogP contribution in [-0.4, -0.2) is 16.6 Å². The van der Waals surface area contributed by atoms with E-state index in [4.69, 9.17) is 12.2 Å². The Morgan fingerprint density at radius 3 is 2.62 bits per heavy atom. The monoisotopic (exact) mass is 360 g/mol. The van der Waals surface area contributed by atoms with E-state index in [0.717, 1.165) is 30.2 Å². The summed E-state index contributed by atoms with van der Waals surface area (Å²) in [6.45, 7) is 9.90. The quantitative estimate of drug-likeness (QED) is 0.599. The molecule has 0 aliphatic heterocycles. The van der Waals surface area contributed by atoms with Gasteiger partial charge in [0.2, 0.25) is 0 Å². The van der Waals surface area contributed by atoms with Crippen LogP contribution in [0.5, 0.6) is 0 Å². The lowest BCUT2D eigenvalue weighted by molar-refractivity contribution is 0.322. The number of nitrogens with zero attached hydrogens (tertiary/aromatic N) is 1. The van der Waals surface area contributed by atoms with Crippen molar-refractivity contribution < 1.29 is 0 Å². The molecule has 0 radical (unpaired) electrons. The van der Waals surface area contributed by atoms with Gasteiger partial charge in [-0.1, -0.05) is 39.0 Å². The van der Waals surface area contributed by atoms with Crippen molar-refractivity contribution in [1.82, 2.24) is 4.90 Å². The molecule has 0 fully saturated rings. The summed E-state index contributed by atoms with van der Waals surface area (Å²) in [4.78, 5) is 3.67. The highest BCUT2D eigenvalue weighted by Crippen LogP contribution is 2.26. The van der Waals surface area contributed by atoms with Crippen LogP contribution < -0.4 is 5.32 Å². The van der Waals surface area contributed by atoms with Gasteiger partial charge in [0.15, 0.2) is 5.11 Å². The summed E-state index contributed by atoms with van der Waals surface area (Å²) in [5, 5.41) is 6.39. The summed E-state index contributed by atoms with van der Waals surface area (Å²) in [5.74, 6) is 0.661. The first-order valence-electron chi connectivity index (χ1n) is 8.71. The van der Waals surface area contributed by atoms with Crippen LogP contribution >= 0.6 is 23.6 Å². The number of hydrogen-bond donors (Lipinski definition) is 1. The third kappa shape index (κ3) is 5.32. The minimum absolute atomic E-state index is 0.290. The Labute approximate surface area is 155 Å². The van der Waals surface area contributed by atoms with Gasteiger partial charge in [0.25, 0.3) is 0 Å². The number of anilines is 1. The zero-order valence-corrected chi connectivity index (χ0v) is 16.7. The topological polar surface area (TPSA) is 15.3 Å². The molecule has 24 heavy (non-hydrogen) atoms. The van der Waals surface area contributed by atoms with Crippen molar-refractivity contribution in [2.45, 2.75) is 46.6 Å². The fraction of sp³-hybridized carbons (Fsp3) is 0.450. The van der Waals surface area contributed by atoms with E-state index in [2.05, 4.69) is 79.7 Å². The molecule has 4 heteroatoms. The zero-order valence-electron chi connectivity index (χ0n) is 15.1. The molecular formula is C20H28N2S2. The van der Waals surface area contributed by atoms with Crippen LogP contribution in [-0.2, 0) is 6.42 Å². The van der Waals surface area contributed by atoms with Crippen LogP contribution in [0.1, 0.15) is 50.6 Å². The Kier molecular flexibility index (Phi) is 7.25. The molecule has 0 bridgehead atoms. The van der Waals surface area contributed by atoms with Gasteiger partial charge in [-0.15, -0.1) is 11.3 Å². The molecule has 1 aromatic carbocycles. The third-order valence-corrected chi connectivity index (χ3v) is 5.60. The third-order valence-electron chi connectivity index (χ3n) is 4.22. The summed E-state index contributed by atoms with van der Waals surface area (Å²) in [5.41, 5.74) is 2.40. The number of rotatable bonds is 7. The van der Waals surface area contributed by atoms with E-state index >= 15 is 0 Å². The van der Waals surface area contributed by atoms with E-state index < -0.39 is 0 Å². The first-order valence-corrected chi connectivity index (χ1v) is 10.00. The van der Waals surface area contributed by atoms with Crippen molar-refractivity contribution >= 4 is 34.4 Å². The molecular weight excluding hydrogens is 332 g/mol. The second-order valence-corrected chi connectivity index (χ2v) is 7.92. The van der Waals surface area contributed by atoms with Crippen molar-refractivity contribution in [2.24, 2.45) is 5.92 Å². The SMILES string of the molecule is CCc1cccc(NC(=S)N(CCC(C)C)[C@H](C)c2cccs2)c1. The summed E-state index contributed by atoms with van der Waals surface area (Å²) >= 11 is 7.55. The average molecular weight is 361 g/mol. The number of benzene rings is 1. The molecule has 1 aromatic heterocycles. The van der Waals surface area contributed by atoms with Gasteiger partial charge in [0.1, 0.15) is 0 Å². The first kappa shape index (κ1) is 18.9. The zero-order chi connectivity index (χ0) is 17.5. The van der Waals surface area contributed by atoms with Crippen molar-refractivity contribution in [1.29, 1.82) is 0 Å². The predicted octanol–water partition coefficient (Wildman–Crippen LogP) is 6.12. The summed E-state index contributed by atoms with van der Waals surface area (Å²) < 4.78 is 0. The van der Waals surface area contributed by atoms with Gasteiger partial charge >= 0.3 is 0 Å². The molecule has 0 aliphatic rings. The molecule has 1 heterocycles. The lowest BCUT2D eigenvalue weighted by Crippen LogP contribution is -2.37.